The molecule has 0 aliphatic heterocycles. The monoisotopic (exact) mass is 162 g/mol. The first-order chi connectivity index (χ1) is 5.92. The summed E-state index contributed by atoms with van der Waals surface area (Å²) in [6.07, 6.45) is 13.2. The van der Waals surface area contributed by atoms with Crippen molar-refractivity contribution in [3.63, 3.8) is 0 Å². The molecule has 3 atom stereocenters. The van der Waals surface area contributed by atoms with Gasteiger partial charge in [0.05, 0.1) is 0 Å². The fourth-order valence-electron chi connectivity index (χ4n) is 2.33. The Morgan fingerprint density at radius 3 is 2.67 bits per heavy atom. The highest BCUT2D eigenvalue weighted by atomic mass is 16.1. The summed E-state index contributed by atoms with van der Waals surface area (Å²) in [6.45, 7) is 0. The fraction of sp³-hybridized carbons (Fsp3) is 0.545. The summed E-state index contributed by atoms with van der Waals surface area (Å²) in [6, 6.07) is 0. The van der Waals surface area contributed by atoms with Crippen LogP contribution in [-0.2, 0) is 4.79 Å². The summed E-state index contributed by atoms with van der Waals surface area (Å²) in [7, 11) is 0. The average Bonchev–Trinajstić information content (AvgIpc) is 2.17. The molecule has 1 heteroatoms. The van der Waals surface area contributed by atoms with Crippen molar-refractivity contribution in [2.75, 3.05) is 0 Å². The van der Waals surface area contributed by atoms with E-state index in [-0.39, 0.29) is 5.92 Å². The van der Waals surface area contributed by atoms with Gasteiger partial charge in [0.25, 0.3) is 0 Å². The molecule has 0 radical (unpaired) electrons. The molecule has 0 saturated carbocycles. The highest BCUT2D eigenvalue weighted by molar-refractivity contribution is 5.57. The zero-order valence-electron chi connectivity index (χ0n) is 7.15. The lowest BCUT2D eigenvalue weighted by Gasteiger charge is -2.33. The normalized spacial score (nSPS) is 39.2. The van der Waals surface area contributed by atoms with Gasteiger partial charge in [-0.05, 0) is 31.1 Å². The summed E-state index contributed by atoms with van der Waals surface area (Å²) >= 11 is 0. The van der Waals surface area contributed by atoms with Crippen molar-refractivity contribution in [3.05, 3.63) is 24.3 Å². The van der Waals surface area contributed by atoms with Gasteiger partial charge in [0.2, 0.25) is 0 Å². The molecule has 0 fully saturated rings. The molecule has 0 saturated heterocycles. The second-order valence-electron chi connectivity index (χ2n) is 3.74. The van der Waals surface area contributed by atoms with Gasteiger partial charge in [0.1, 0.15) is 6.29 Å². The SMILES string of the molecule is O=C[C@@H]1C=CC[C@@H]2CC=CC[C@H]12. The Morgan fingerprint density at radius 2 is 1.83 bits per heavy atom. The first kappa shape index (κ1) is 7.78. The third-order valence-electron chi connectivity index (χ3n) is 3.07. The molecule has 0 aromatic carbocycles. The lowest BCUT2D eigenvalue weighted by molar-refractivity contribution is -0.111. The van der Waals surface area contributed by atoms with Crippen LogP contribution in [0.5, 0.6) is 0 Å². The van der Waals surface area contributed by atoms with E-state index in [4.69, 9.17) is 0 Å². The van der Waals surface area contributed by atoms with Gasteiger partial charge in [0.15, 0.2) is 0 Å². The standard InChI is InChI=1S/C11H14O/c12-8-10-6-3-5-9-4-1-2-7-11(9)10/h1-3,6,8-11H,4-5,7H2/t9-,10-,11-/m0/s1. The average molecular weight is 162 g/mol. The van der Waals surface area contributed by atoms with E-state index in [2.05, 4.69) is 24.3 Å². The van der Waals surface area contributed by atoms with E-state index in [9.17, 15) is 4.79 Å². The second kappa shape index (κ2) is 3.26. The van der Waals surface area contributed by atoms with Gasteiger partial charge in [-0.1, -0.05) is 24.3 Å². The van der Waals surface area contributed by atoms with Crippen molar-refractivity contribution < 1.29 is 4.79 Å². The Bertz CT molecular complexity index is 227. The quantitative estimate of drug-likeness (QED) is 0.427. The highest BCUT2D eigenvalue weighted by Gasteiger charge is 2.29. The lowest BCUT2D eigenvalue weighted by Crippen LogP contribution is -2.27. The van der Waals surface area contributed by atoms with Crippen molar-refractivity contribution in [1.82, 2.24) is 0 Å². The van der Waals surface area contributed by atoms with Crippen LogP contribution in [0, 0.1) is 17.8 Å². The van der Waals surface area contributed by atoms with Crippen LogP contribution in [-0.4, -0.2) is 6.29 Å². The maximum absolute atomic E-state index is 10.7. The molecule has 12 heavy (non-hydrogen) atoms. The van der Waals surface area contributed by atoms with Gasteiger partial charge >= 0.3 is 0 Å². The minimum absolute atomic E-state index is 0.189. The van der Waals surface area contributed by atoms with Crippen molar-refractivity contribution >= 4 is 6.29 Å². The van der Waals surface area contributed by atoms with Gasteiger partial charge < -0.3 is 4.79 Å². The second-order valence-corrected chi connectivity index (χ2v) is 3.74. The summed E-state index contributed by atoms with van der Waals surface area (Å²) in [5.74, 6) is 1.52. The number of hydrogen-bond acceptors (Lipinski definition) is 1. The van der Waals surface area contributed by atoms with Crippen molar-refractivity contribution in [3.8, 4) is 0 Å². The van der Waals surface area contributed by atoms with Gasteiger partial charge in [-0.2, -0.15) is 0 Å². The number of aldehydes is 1. The third kappa shape index (κ3) is 1.24. The smallest absolute Gasteiger partial charge is 0.127 e. The van der Waals surface area contributed by atoms with Crippen LogP contribution in [0.4, 0.5) is 0 Å². The van der Waals surface area contributed by atoms with Gasteiger partial charge in [-0.25, -0.2) is 0 Å². The minimum Gasteiger partial charge on any atom is -0.303 e. The first-order valence-corrected chi connectivity index (χ1v) is 4.69. The van der Waals surface area contributed by atoms with Crippen LogP contribution in [0.1, 0.15) is 19.3 Å². The number of carbonyl (C=O) groups excluding carboxylic acids is 1. The fourth-order valence-corrected chi connectivity index (χ4v) is 2.33. The van der Waals surface area contributed by atoms with Crippen molar-refractivity contribution in [2.24, 2.45) is 17.8 Å². The van der Waals surface area contributed by atoms with Crippen LogP contribution in [0.15, 0.2) is 24.3 Å². The van der Waals surface area contributed by atoms with Crippen LogP contribution in [0.2, 0.25) is 0 Å². The molecule has 0 bridgehead atoms. The summed E-state index contributed by atoms with van der Waals surface area (Å²) in [5.41, 5.74) is 0. The maximum Gasteiger partial charge on any atom is 0.127 e. The molecule has 0 unspecified atom stereocenters. The summed E-state index contributed by atoms with van der Waals surface area (Å²) in [4.78, 5) is 10.7. The number of rotatable bonds is 1. The maximum atomic E-state index is 10.7. The molecule has 2 aliphatic rings. The zero-order valence-corrected chi connectivity index (χ0v) is 7.15. The first-order valence-electron chi connectivity index (χ1n) is 4.69. The number of carbonyl (C=O) groups is 1. The molecule has 2 aliphatic carbocycles. The highest BCUT2D eigenvalue weighted by Crippen LogP contribution is 2.37. The lowest BCUT2D eigenvalue weighted by atomic mass is 9.71. The van der Waals surface area contributed by atoms with E-state index >= 15 is 0 Å². The minimum atomic E-state index is 0.189. The predicted molar refractivity (Wildman–Crippen MR) is 48.7 cm³/mol. The Balaban J connectivity index is 2.17. The molecule has 0 aromatic heterocycles. The summed E-state index contributed by atoms with van der Waals surface area (Å²) < 4.78 is 0. The van der Waals surface area contributed by atoms with Gasteiger partial charge in [0, 0.05) is 5.92 Å². The van der Waals surface area contributed by atoms with E-state index in [1.54, 1.807) is 0 Å². The van der Waals surface area contributed by atoms with Crippen LogP contribution in [0.3, 0.4) is 0 Å². The Labute approximate surface area is 73.2 Å². The van der Waals surface area contributed by atoms with Gasteiger partial charge in [-0.3, -0.25) is 0 Å². The van der Waals surface area contributed by atoms with E-state index in [1.807, 2.05) is 0 Å². The molecule has 64 valence electrons. The Kier molecular flexibility index (Phi) is 2.11. The Morgan fingerprint density at radius 1 is 1.08 bits per heavy atom. The molecule has 0 aromatic rings. The third-order valence-corrected chi connectivity index (χ3v) is 3.07. The molecule has 2 rings (SSSR count). The van der Waals surface area contributed by atoms with E-state index in [0.717, 1.165) is 18.6 Å². The van der Waals surface area contributed by atoms with Crippen LogP contribution < -0.4 is 0 Å². The number of hydrogen-bond donors (Lipinski definition) is 0. The van der Waals surface area contributed by atoms with Crippen molar-refractivity contribution in [1.29, 1.82) is 0 Å². The van der Waals surface area contributed by atoms with Gasteiger partial charge in [-0.15, -0.1) is 0 Å². The molecule has 0 spiro atoms. The van der Waals surface area contributed by atoms with E-state index in [1.165, 1.54) is 12.8 Å². The Hall–Kier alpha value is -0.850. The van der Waals surface area contributed by atoms with Crippen LogP contribution in [0.25, 0.3) is 0 Å². The van der Waals surface area contributed by atoms with E-state index in [0.29, 0.717) is 5.92 Å². The number of fused-ring (bicyclic) bond motifs is 1. The number of allylic oxidation sites excluding steroid dienone is 4. The molecular weight excluding hydrogens is 148 g/mol. The molecule has 1 nitrogen and oxygen atoms in total. The topological polar surface area (TPSA) is 17.1 Å². The van der Waals surface area contributed by atoms with Crippen LogP contribution >= 0.6 is 0 Å². The molecular formula is C11H14O. The largest absolute Gasteiger partial charge is 0.303 e. The zero-order chi connectivity index (χ0) is 8.39. The van der Waals surface area contributed by atoms with Crippen molar-refractivity contribution in [2.45, 2.75) is 19.3 Å². The molecule has 0 heterocycles. The molecule has 0 amide bonds. The predicted octanol–water partition coefficient (Wildman–Crippen LogP) is 2.34. The van der Waals surface area contributed by atoms with E-state index < -0.39 is 0 Å². The molecule has 0 N–H and O–H groups in total. The summed E-state index contributed by atoms with van der Waals surface area (Å²) in [5, 5.41) is 0.